The summed E-state index contributed by atoms with van der Waals surface area (Å²) in [5.74, 6) is 1.49. The predicted octanol–water partition coefficient (Wildman–Crippen LogP) is 2.69. The van der Waals surface area contributed by atoms with E-state index >= 15 is 0 Å². The summed E-state index contributed by atoms with van der Waals surface area (Å²) < 4.78 is 5.13. The van der Waals surface area contributed by atoms with Crippen molar-refractivity contribution in [3.8, 4) is 23.1 Å². The molecule has 0 aliphatic rings. The minimum absolute atomic E-state index is 0.572. The lowest BCUT2D eigenvalue weighted by atomic mass is 10.1. The van der Waals surface area contributed by atoms with Gasteiger partial charge in [-0.05, 0) is 36.4 Å². The van der Waals surface area contributed by atoms with Crippen LogP contribution in [0.1, 0.15) is 5.56 Å². The van der Waals surface area contributed by atoms with Crippen molar-refractivity contribution >= 4 is 5.82 Å². The van der Waals surface area contributed by atoms with Crippen molar-refractivity contribution < 1.29 is 4.74 Å². The lowest BCUT2D eigenvalue weighted by Gasteiger charge is -2.14. The van der Waals surface area contributed by atoms with E-state index in [0.29, 0.717) is 11.4 Å². The van der Waals surface area contributed by atoms with Gasteiger partial charge in [-0.2, -0.15) is 5.26 Å². The maximum Gasteiger partial charge on any atom is 0.146 e. The topological polar surface area (TPSA) is 49.1 Å². The normalized spacial score (nSPS) is 9.79. The second-order valence-electron chi connectivity index (χ2n) is 4.30. The molecule has 1 heterocycles. The van der Waals surface area contributed by atoms with E-state index in [4.69, 9.17) is 10.00 Å². The van der Waals surface area contributed by atoms with Crippen molar-refractivity contribution in [1.29, 1.82) is 5.26 Å². The van der Waals surface area contributed by atoms with Crippen LogP contribution in [0.5, 0.6) is 5.75 Å². The van der Waals surface area contributed by atoms with Gasteiger partial charge in [0.1, 0.15) is 17.6 Å². The van der Waals surface area contributed by atoms with E-state index in [-0.39, 0.29) is 0 Å². The highest BCUT2D eigenvalue weighted by Crippen LogP contribution is 2.24. The molecular weight excluding hydrogens is 238 g/mol. The maximum atomic E-state index is 9.06. The van der Waals surface area contributed by atoms with E-state index in [1.165, 1.54) is 0 Å². The third-order valence-electron chi connectivity index (χ3n) is 2.80. The van der Waals surface area contributed by atoms with Gasteiger partial charge in [-0.3, -0.25) is 0 Å². The number of aromatic nitrogens is 1. The SMILES string of the molecule is COc1ccc(-c2ccc(C#N)c(N(C)C)n2)cc1. The number of nitrogens with zero attached hydrogens (tertiary/aromatic N) is 3. The summed E-state index contributed by atoms with van der Waals surface area (Å²) in [6, 6.07) is 13.5. The van der Waals surface area contributed by atoms with Crippen molar-refractivity contribution in [2.75, 3.05) is 26.1 Å². The molecule has 0 N–H and O–H groups in total. The Hall–Kier alpha value is -2.54. The van der Waals surface area contributed by atoms with Crippen molar-refractivity contribution in [3.05, 3.63) is 42.0 Å². The summed E-state index contributed by atoms with van der Waals surface area (Å²) in [4.78, 5) is 6.37. The molecule has 0 bridgehead atoms. The van der Waals surface area contributed by atoms with E-state index in [9.17, 15) is 0 Å². The van der Waals surface area contributed by atoms with E-state index in [2.05, 4.69) is 11.1 Å². The lowest BCUT2D eigenvalue weighted by Crippen LogP contribution is -2.12. The number of hydrogen-bond acceptors (Lipinski definition) is 4. The van der Waals surface area contributed by atoms with Gasteiger partial charge in [0.2, 0.25) is 0 Å². The number of rotatable bonds is 3. The van der Waals surface area contributed by atoms with Crippen molar-refractivity contribution in [2.45, 2.75) is 0 Å². The van der Waals surface area contributed by atoms with Crippen LogP contribution in [0.3, 0.4) is 0 Å². The molecular formula is C15H15N3O. The van der Waals surface area contributed by atoms with Crippen molar-refractivity contribution in [1.82, 2.24) is 4.98 Å². The number of benzene rings is 1. The fraction of sp³-hybridized carbons (Fsp3) is 0.200. The highest BCUT2D eigenvalue weighted by Gasteiger charge is 2.08. The molecule has 19 heavy (non-hydrogen) atoms. The number of pyridine rings is 1. The molecule has 0 unspecified atom stereocenters. The molecule has 4 nitrogen and oxygen atoms in total. The first kappa shape index (κ1) is 12.9. The zero-order chi connectivity index (χ0) is 13.8. The van der Waals surface area contributed by atoms with Crippen LogP contribution in [0.2, 0.25) is 0 Å². The summed E-state index contributed by atoms with van der Waals surface area (Å²) in [7, 11) is 5.39. The quantitative estimate of drug-likeness (QED) is 0.843. The van der Waals surface area contributed by atoms with E-state index in [0.717, 1.165) is 17.0 Å². The number of anilines is 1. The molecule has 0 saturated carbocycles. The molecule has 4 heteroatoms. The van der Waals surface area contributed by atoms with E-state index in [1.54, 1.807) is 13.2 Å². The maximum absolute atomic E-state index is 9.06. The van der Waals surface area contributed by atoms with Crippen LogP contribution >= 0.6 is 0 Å². The molecule has 0 aliphatic carbocycles. The summed E-state index contributed by atoms with van der Waals surface area (Å²) in [5.41, 5.74) is 2.40. The largest absolute Gasteiger partial charge is 0.497 e. The molecule has 0 spiro atoms. The monoisotopic (exact) mass is 253 g/mol. The Morgan fingerprint density at radius 3 is 2.32 bits per heavy atom. The van der Waals surface area contributed by atoms with E-state index in [1.807, 2.05) is 49.3 Å². The predicted molar refractivity (Wildman–Crippen MR) is 75.3 cm³/mol. The second-order valence-corrected chi connectivity index (χ2v) is 4.30. The molecule has 1 aromatic heterocycles. The Labute approximate surface area is 112 Å². The van der Waals surface area contributed by atoms with Gasteiger partial charge in [-0.25, -0.2) is 4.98 Å². The van der Waals surface area contributed by atoms with Crippen LogP contribution in [-0.4, -0.2) is 26.2 Å². The van der Waals surface area contributed by atoms with Gasteiger partial charge in [0, 0.05) is 19.7 Å². The van der Waals surface area contributed by atoms with Gasteiger partial charge in [0.15, 0.2) is 0 Å². The lowest BCUT2D eigenvalue weighted by molar-refractivity contribution is 0.415. The molecule has 0 saturated heterocycles. The number of hydrogen-bond donors (Lipinski definition) is 0. The third kappa shape index (κ3) is 2.66. The molecule has 96 valence electrons. The zero-order valence-corrected chi connectivity index (χ0v) is 11.2. The van der Waals surface area contributed by atoms with Crippen LogP contribution in [0.15, 0.2) is 36.4 Å². The third-order valence-corrected chi connectivity index (χ3v) is 2.80. The molecule has 0 amide bonds. The van der Waals surface area contributed by atoms with Gasteiger partial charge in [-0.15, -0.1) is 0 Å². The van der Waals surface area contributed by atoms with Crippen LogP contribution in [0.4, 0.5) is 5.82 Å². The van der Waals surface area contributed by atoms with Gasteiger partial charge in [0.05, 0.1) is 18.4 Å². The fourth-order valence-electron chi connectivity index (χ4n) is 1.80. The Balaban J connectivity index is 2.45. The number of ether oxygens (including phenoxy) is 1. The summed E-state index contributed by atoms with van der Waals surface area (Å²) in [5, 5.41) is 9.06. The number of methoxy groups -OCH3 is 1. The van der Waals surface area contributed by atoms with Crippen LogP contribution in [0.25, 0.3) is 11.3 Å². The highest BCUT2D eigenvalue weighted by molar-refractivity contribution is 5.65. The average Bonchev–Trinajstić information content (AvgIpc) is 2.46. The zero-order valence-electron chi connectivity index (χ0n) is 11.2. The van der Waals surface area contributed by atoms with Gasteiger partial charge in [-0.1, -0.05) is 0 Å². The van der Waals surface area contributed by atoms with Crippen LogP contribution in [0, 0.1) is 11.3 Å². The van der Waals surface area contributed by atoms with Crippen LogP contribution in [-0.2, 0) is 0 Å². The van der Waals surface area contributed by atoms with Crippen molar-refractivity contribution in [3.63, 3.8) is 0 Å². The molecule has 1 aromatic carbocycles. The van der Waals surface area contributed by atoms with Gasteiger partial charge >= 0.3 is 0 Å². The summed E-state index contributed by atoms with van der Waals surface area (Å²) in [6.45, 7) is 0. The second kappa shape index (κ2) is 5.40. The first-order valence-corrected chi connectivity index (χ1v) is 5.88. The van der Waals surface area contributed by atoms with Gasteiger partial charge < -0.3 is 9.64 Å². The molecule has 0 atom stereocenters. The Morgan fingerprint density at radius 1 is 1.11 bits per heavy atom. The van der Waals surface area contributed by atoms with Crippen LogP contribution < -0.4 is 9.64 Å². The fourth-order valence-corrected chi connectivity index (χ4v) is 1.80. The molecule has 2 rings (SSSR count). The summed E-state index contributed by atoms with van der Waals surface area (Å²) in [6.07, 6.45) is 0. The number of nitriles is 1. The average molecular weight is 253 g/mol. The highest BCUT2D eigenvalue weighted by atomic mass is 16.5. The Kier molecular flexibility index (Phi) is 3.67. The minimum atomic E-state index is 0.572. The Morgan fingerprint density at radius 2 is 1.79 bits per heavy atom. The van der Waals surface area contributed by atoms with Gasteiger partial charge in [0.25, 0.3) is 0 Å². The van der Waals surface area contributed by atoms with E-state index < -0.39 is 0 Å². The Bertz CT molecular complexity index is 612. The molecule has 0 aliphatic heterocycles. The van der Waals surface area contributed by atoms with Crippen molar-refractivity contribution in [2.24, 2.45) is 0 Å². The molecule has 2 aromatic rings. The standard InChI is InChI=1S/C15H15N3O/c1-18(2)15-12(10-16)6-9-14(17-15)11-4-7-13(19-3)8-5-11/h4-9H,1-3H3. The summed E-state index contributed by atoms with van der Waals surface area (Å²) >= 11 is 0. The first-order chi connectivity index (χ1) is 9.15. The molecule has 0 radical (unpaired) electrons. The smallest absolute Gasteiger partial charge is 0.146 e. The minimum Gasteiger partial charge on any atom is -0.497 e. The first-order valence-electron chi connectivity index (χ1n) is 5.88. The molecule has 0 fully saturated rings.